The molecule has 1 aromatic carbocycles. The molecule has 0 saturated heterocycles. The van der Waals surface area contributed by atoms with Gasteiger partial charge in [-0.1, -0.05) is 43.2 Å². The molecule has 1 N–H and O–H groups in total. The Hall–Kier alpha value is -1.79. The second-order valence-electron chi connectivity index (χ2n) is 3.76. The van der Waals surface area contributed by atoms with Crippen molar-refractivity contribution in [2.75, 3.05) is 6.61 Å². The minimum Gasteiger partial charge on any atom is -0.463 e. The predicted molar refractivity (Wildman–Crippen MR) is 65.3 cm³/mol. The van der Waals surface area contributed by atoms with E-state index in [4.69, 9.17) is 11.2 Å². The quantitative estimate of drug-likeness (QED) is 0.635. The van der Waals surface area contributed by atoms with Crippen molar-refractivity contribution in [1.82, 2.24) is 0 Å². The van der Waals surface area contributed by atoms with Crippen molar-refractivity contribution >= 4 is 5.97 Å². The fraction of sp³-hybridized carbons (Fsp3) is 0.357. The van der Waals surface area contributed by atoms with Gasteiger partial charge in [0.15, 0.2) is 0 Å². The topological polar surface area (TPSA) is 46.5 Å². The van der Waals surface area contributed by atoms with Crippen LogP contribution in [-0.4, -0.2) is 23.3 Å². The average molecular weight is 232 g/mol. The fourth-order valence-corrected chi connectivity index (χ4v) is 1.58. The Kier molecular flexibility index (Phi) is 4.30. The van der Waals surface area contributed by atoms with Gasteiger partial charge in [-0.2, -0.15) is 0 Å². The number of carbonyl (C=O) groups excluding carboxylic acids is 1. The van der Waals surface area contributed by atoms with Crippen LogP contribution in [0.2, 0.25) is 0 Å². The van der Waals surface area contributed by atoms with Crippen molar-refractivity contribution in [2.45, 2.75) is 25.4 Å². The van der Waals surface area contributed by atoms with E-state index in [0.29, 0.717) is 0 Å². The first-order chi connectivity index (χ1) is 8.06. The normalized spacial score (nSPS) is 15.4. The number of hydrogen-bond acceptors (Lipinski definition) is 3. The van der Waals surface area contributed by atoms with Crippen LogP contribution >= 0.6 is 0 Å². The molecule has 2 atom stereocenters. The number of hydrogen-bond donors (Lipinski definition) is 1. The van der Waals surface area contributed by atoms with E-state index >= 15 is 0 Å². The lowest BCUT2D eigenvalue weighted by atomic mass is 9.84. The van der Waals surface area contributed by atoms with Crippen LogP contribution in [0.4, 0.5) is 0 Å². The first kappa shape index (κ1) is 13.3. The monoisotopic (exact) mass is 232 g/mol. The molecule has 0 fully saturated rings. The summed E-state index contributed by atoms with van der Waals surface area (Å²) in [6, 6.07) is 9.13. The summed E-state index contributed by atoms with van der Waals surface area (Å²) in [5.74, 6) is 0.843. The number of ether oxygens (including phenoxy) is 1. The zero-order valence-electron chi connectivity index (χ0n) is 10.0. The number of benzene rings is 1. The highest BCUT2D eigenvalue weighted by molar-refractivity contribution is 5.84. The Morgan fingerprint density at radius 2 is 2.12 bits per heavy atom. The van der Waals surface area contributed by atoms with Gasteiger partial charge in [0, 0.05) is 5.92 Å². The Morgan fingerprint density at radius 1 is 1.53 bits per heavy atom. The molecule has 0 heterocycles. The SMILES string of the molecule is C#C[C@](O)(C(=O)OCC)[C@H](C)c1ccccc1. The van der Waals surface area contributed by atoms with Gasteiger partial charge >= 0.3 is 5.97 Å². The third-order valence-electron chi connectivity index (χ3n) is 2.73. The van der Waals surface area contributed by atoms with E-state index in [-0.39, 0.29) is 6.61 Å². The molecule has 0 aliphatic carbocycles. The van der Waals surface area contributed by atoms with Crippen LogP contribution < -0.4 is 0 Å². The largest absolute Gasteiger partial charge is 0.463 e. The average Bonchev–Trinajstić information content (AvgIpc) is 2.38. The van der Waals surface area contributed by atoms with E-state index in [2.05, 4.69) is 5.92 Å². The van der Waals surface area contributed by atoms with Gasteiger partial charge in [0.2, 0.25) is 5.60 Å². The molecule has 0 aliphatic heterocycles. The summed E-state index contributed by atoms with van der Waals surface area (Å²) in [7, 11) is 0. The highest BCUT2D eigenvalue weighted by Crippen LogP contribution is 2.28. The van der Waals surface area contributed by atoms with Gasteiger partial charge in [-0.15, -0.1) is 6.42 Å². The number of esters is 1. The minimum absolute atomic E-state index is 0.185. The minimum atomic E-state index is -1.92. The van der Waals surface area contributed by atoms with Crippen LogP contribution in [0.15, 0.2) is 30.3 Å². The highest BCUT2D eigenvalue weighted by atomic mass is 16.5. The lowest BCUT2D eigenvalue weighted by molar-refractivity contribution is -0.160. The van der Waals surface area contributed by atoms with Gasteiger partial charge in [0.25, 0.3) is 0 Å². The molecule has 0 radical (unpaired) electrons. The Labute approximate surface area is 101 Å². The maximum absolute atomic E-state index is 11.7. The van der Waals surface area contributed by atoms with Crippen molar-refractivity contribution in [3.05, 3.63) is 35.9 Å². The zero-order chi connectivity index (χ0) is 12.9. The molecule has 1 rings (SSSR count). The molecule has 3 nitrogen and oxygen atoms in total. The van der Waals surface area contributed by atoms with E-state index in [1.54, 1.807) is 13.8 Å². The van der Waals surface area contributed by atoms with Crippen LogP contribution in [-0.2, 0) is 9.53 Å². The van der Waals surface area contributed by atoms with Crippen molar-refractivity contribution in [3.63, 3.8) is 0 Å². The van der Waals surface area contributed by atoms with Crippen molar-refractivity contribution in [3.8, 4) is 12.3 Å². The van der Waals surface area contributed by atoms with E-state index in [0.717, 1.165) is 5.56 Å². The summed E-state index contributed by atoms with van der Waals surface area (Å²) in [6.45, 7) is 3.55. The summed E-state index contributed by atoms with van der Waals surface area (Å²) in [6.07, 6.45) is 5.28. The number of aliphatic hydroxyl groups is 1. The van der Waals surface area contributed by atoms with Gasteiger partial charge in [-0.25, -0.2) is 4.79 Å². The van der Waals surface area contributed by atoms with Crippen LogP contribution in [0, 0.1) is 12.3 Å². The summed E-state index contributed by atoms with van der Waals surface area (Å²) in [5, 5.41) is 10.2. The van der Waals surface area contributed by atoms with Crippen LogP contribution in [0.5, 0.6) is 0 Å². The summed E-state index contributed by atoms with van der Waals surface area (Å²) >= 11 is 0. The number of carbonyl (C=O) groups is 1. The van der Waals surface area contributed by atoms with Gasteiger partial charge in [-0.3, -0.25) is 0 Å². The lowest BCUT2D eigenvalue weighted by Gasteiger charge is -2.27. The number of terminal acetylenes is 1. The fourth-order valence-electron chi connectivity index (χ4n) is 1.58. The zero-order valence-corrected chi connectivity index (χ0v) is 10.0. The molecule has 3 heteroatoms. The van der Waals surface area contributed by atoms with Gasteiger partial charge in [-0.05, 0) is 12.5 Å². The molecule has 0 bridgehead atoms. The van der Waals surface area contributed by atoms with E-state index < -0.39 is 17.5 Å². The third kappa shape index (κ3) is 2.66. The molecular weight excluding hydrogens is 216 g/mol. The number of rotatable bonds is 4. The van der Waals surface area contributed by atoms with E-state index in [1.165, 1.54) is 0 Å². The van der Waals surface area contributed by atoms with E-state index in [1.807, 2.05) is 30.3 Å². The van der Waals surface area contributed by atoms with Crippen LogP contribution in [0.25, 0.3) is 0 Å². The maximum Gasteiger partial charge on any atom is 0.351 e. The molecule has 0 amide bonds. The lowest BCUT2D eigenvalue weighted by Crippen LogP contribution is -2.43. The van der Waals surface area contributed by atoms with Crippen molar-refractivity contribution < 1.29 is 14.6 Å². The molecule has 1 aromatic rings. The van der Waals surface area contributed by atoms with Gasteiger partial charge < -0.3 is 9.84 Å². The molecule has 0 aromatic heterocycles. The Balaban J connectivity index is 3.03. The molecule has 90 valence electrons. The summed E-state index contributed by atoms with van der Waals surface area (Å²) < 4.78 is 4.81. The molecule has 0 saturated carbocycles. The summed E-state index contributed by atoms with van der Waals surface area (Å²) in [4.78, 5) is 11.7. The molecule has 0 aliphatic rings. The maximum atomic E-state index is 11.7. The molecule has 0 spiro atoms. The Morgan fingerprint density at radius 3 is 2.59 bits per heavy atom. The third-order valence-corrected chi connectivity index (χ3v) is 2.73. The molecule has 0 unspecified atom stereocenters. The first-order valence-electron chi connectivity index (χ1n) is 5.48. The second kappa shape index (κ2) is 5.51. The highest BCUT2D eigenvalue weighted by Gasteiger charge is 2.42. The standard InChI is InChI=1S/C14H16O3/c1-4-14(16,13(15)17-5-2)11(3)12-9-7-6-8-10-12/h1,6-11,16H,5H2,2-3H3/t11-,14-/m1/s1. The van der Waals surface area contributed by atoms with Gasteiger partial charge in [0.05, 0.1) is 6.61 Å². The van der Waals surface area contributed by atoms with Gasteiger partial charge in [0.1, 0.15) is 0 Å². The summed E-state index contributed by atoms with van der Waals surface area (Å²) in [5.41, 5.74) is -1.13. The molecular formula is C14H16O3. The second-order valence-corrected chi connectivity index (χ2v) is 3.76. The van der Waals surface area contributed by atoms with E-state index in [9.17, 15) is 9.90 Å². The molecule has 17 heavy (non-hydrogen) atoms. The van der Waals surface area contributed by atoms with Crippen molar-refractivity contribution in [1.29, 1.82) is 0 Å². The van der Waals surface area contributed by atoms with Crippen molar-refractivity contribution in [2.24, 2.45) is 0 Å². The van der Waals surface area contributed by atoms with Crippen LogP contribution in [0.3, 0.4) is 0 Å². The Bertz CT molecular complexity index is 419. The predicted octanol–water partition coefficient (Wildman–Crippen LogP) is 1.72. The smallest absolute Gasteiger partial charge is 0.351 e. The van der Waals surface area contributed by atoms with Crippen LogP contribution in [0.1, 0.15) is 25.3 Å². The first-order valence-corrected chi connectivity index (χ1v) is 5.48.